The summed E-state index contributed by atoms with van der Waals surface area (Å²) in [6.07, 6.45) is 7.37. The maximum atomic E-state index is 12.2. The molecule has 2 rings (SSSR count). The number of aromatic nitrogens is 1. The molecule has 0 unspecified atom stereocenters. The minimum absolute atomic E-state index is 0.0725. The first-order valence-corrected chi connectivity index (χ1v) is 7.84. The molecule has 0 bridgehead atoms. The van der Waals surface area contributed by atoms with E-state index in [1.165, 1.54) is 0 Å². The van der Waals surface area contributed by atoms with Crippen LogP contribution in [-0.2, 0) is 4.79 Å². The Morgan fingerprint density at radius 1 is 1.38 bits per heavy atom. The first-order valence-electron chi connectivity index (χ1n) is 7.84. The standard InChI is InChI=1S/C16H25N3O2/c1-2-3-10-21-15-9-8-14(11-18-15)19-16(20)12-4-6-13(17)7-5-12/h8-9,11-13H,2-7,10,17H2,1H3,(H,19,20). The van der Waals surface area contributed by atoms with Crippen LogP contribution < -0.4 is 15.8 Å². The number of carbonyl (C=O) groups is 1. The third-order valence-corrected chi connectivity index (χ3v) is 3.89. The number of nitrogens with zero attached hydrogens (tertiary/aromatic N) is 1. The number of hydrogen-bond acceptors (Lipinski definition) is 4. The number of carbonyl (C=O) groups excluding carboxylic acids is 1. The van der Waals surface area contributed by atoms with Gasteiger partial charge in [-0.25, -0.2) is 4.98 Å². The number of pyridine rings is 1. The molecule has 1 amide bonds. The second kappa shape index (κ2) is 7.98. The predicted molar refractivity (Wildman–Crippen MR) is 83.2 cm³/mol. The second-order valence-corrected chi connectivity index (χ2v) is 5.69. The molecule has 0 atom stereocenters. The minimum Gasteiger partial charge on any atom is -0.478 e. The molecule has 0 radical (unpaired) electrons. The molecule has 116 valence electrons. The van der Waals surface area contributed by atoms with E-state index in [9.17, 15) is 4.79 Å². The van der Waals surface area contributed by atoms with Crippen LogP contribution in [0.5, 0.6) is 5.88 Å². The SMILES string of the molecule is CCCCOc1ccc(NC(=O)C2CCC(N)CC2)cn1. The highest BCUT2D eigenvalue weighted by Crippen LogP contribution is 2.24. The quantitative estimate of drug-likeness (QED) is 0.790. The fourth-order valence-corrected chi connectivity index (χ4v) is 2.49. The van der Waals surface area contributed by atoms with Crippen molar-refractivity contribution in [3.63, 3.8) is 0 Å². The molecule has 5 nitrogen and oxygen atoms in total. The fourth-order valence-electron chi connectivity index (χ4n) is 2.49. The Balaban J connectivity index is 1.81. The highest BCUT2D eigenvalue weighted by Gasteiger charge is 2.24. The van der Waals surface area contributed by atoms with Gasteiger partial charge in [0.15, 0.2) is 0 Å². The Bertz CT molecular complexity index is 439. The first kappa shape index (κ1) is 15.8. The van der Waals surface area contributed by atoms with Crippen LogP contribution in [0.25, 0.3) is 0 Å². The number of hydrogen-bond donors (Lipinski definition) is 2. The number of nitrogens with two attached hydrogens (primary N) is 1. The molecule has 1 aliphatic carbocycles. The smallest absolute Gasteiger partial charge is 0.227 e. The lowest BCUT2D eigenvalue weighted by atomic mass is 9.86. The second-order valence-electron chi connectivity index (χ2n) is 5.69. The maximum absolute atomic E-state index is 12.2. The Morgan fingerprint density at radius 2 is 2.14 bits per heavy atom. The number of nitrogens with one attached hydrogen (secondary N) is 1. The van der Waals surface area contributed by atoms with E-state index in [0.29, 0.717) is 12.5 Å². The summed E-state index contributed by atoms with van der Waals surface area (Å²) in [5.74, 6) is 0.749. The van der Waals surface area contributed by atoms with Crippen LogP contribution in [0, 0.1) is 5.92 Å². The first-order chi connectivity index (χ1) is 10.2. The van der Waals surface area contributed by atoms with E-state index in [4.69, 9.17) is 10.5 Å². The van der Waals surface area contributed by atoms with Crippen LogP contribution >= 0.6 is 0 Å². The summed E-state index contributed by atoms with van der Waals surface area (Å²) in [6.45, 7) is 2.80. The molecule has 0 aromatic carbocycles. The molecule has 1 saturated carbocycles. The van der Waals surface area contributed by atoms with Crippen molar-refractivity contribution in [2.75, 3.05) is 11.9 Å². The van der Waals surface area contributed by atoms with Crippen LogP contribution in [0.3, 0.4) is 0 Å². The molecule has 21 heavy (non-hydrogen) atoms. The van der Waals surface area contributed by atoms with Gasteiger partial charge in [0.1, 0.15) is 0 Å². The monoisotopic (exact) mass is 291 g/mol. The zero-order chi connectivity index (χ0) is 15.1. The van der Waals surface area contributed by atoms with Crippen molar-refractivity contribution in [1.82, 2.24) is 4.98 Å². The average Bonchev–Trinajstić information content (AvgIpc) is 2.50. The van der Waals surface area contributed by atoms with Gasteiger partial charge in [-0.2, -0.15) is 0 Å². The number of amides is 1. The van der Waals surface area contributed by atoms with Gasteiger partial charge in [0, 0.05) is 18.0 Å². The van der Waals surface area contributed by atoms with Crippen molar-refractivity contribution in [3.05, 3.63) is 18.3 Å². The van der Waals surface area contributed by atoms with Crippen molar-refractivity contribution in [3.8, 4) is 5.88 Å². The highest BCUT2D eigenvalue weighted by molar-refractivity contribution is 5.92. The lowest BCUT2D eigenvalue weighted by molar-refractivity contribution is -0.120. The van der Waals surface area contributed by atoms with E-state index in [1.54, 1.807) is 12.3 Å². The van der Waals surface area contributed by atoms with Gasteiger partial charge >= 0.3 is 0 Å². The molecule has 0 spiro atoms. The van der Waals surface area contributed by atoms with Gasteiger partial charge in [-0.05, 0) is 38.2 Å². The van der Waals surface area contributed by atoms with Gasteiger partial charge in [-0.15, -0.1) is 0 Å². The summed E-state index contributed by atoms with van der Waals surface area (Å²) in [5, 5.41) is 2.92. The molecule has 1 aliphatic rings. The minimum atomic E-state index is 0.0725. The van der Waals surface area contributed by atoms with Crippen molar-refractivity contribution in [2.24, 2.45) is 11.7 Å². The zero-order valence-electron chi connectivity index (χ0n) is 12.7. The molecule has 1 aromatic heterocycles. The van der Waals surface area contributed by atoms with Crippen LogP contribution in [-0.4, -0.2) is 23.5 Å². The van der Waals surface area contributed by atoms with E-state index in [1.807, 2.05) is 6.07 Å². The van der Waals surface area contributed by atoms with Gasteiger partial charge in [0.25, 0.3) is 0 Å². The van der Waals surface area contributed by atoms with Crippen molar-refractivity contribution in [2.45, 2.75) is 51.5 Å². The number of anilines is 1. The van der Waals surface area contributed by atoms with E-state index < -0.39 is 0 Å². The maximum Gasteiger partial charge on any atom is 0.227 e. The molecule has 1 heterocycles. The van der Waals surface area contributed by atoms with Gasteiger partial charge in [-0.3, -0.25) is 4.79 Å². The molecule has 3 N–H and O–H groups in total. The number of ether oxygens (including phenoxy) is 1. The van der Waals surface area contributed by atoms with E-state index in [2.05, 4.69) is 17.2 Å². The normalized spacial score (nSPS) is 21.8. The summed E-state index contributed by atoms with van der Waals surface area (Å²) < 4.78 is 5.50. The molecular formula is C16H25N3O2. The zero-order valence-corrected chi connectivity index (χ0v) is 12.7. The molecule has 1 aromatic rings. The van der Waals surface area contributed by atoms with E-state index in [0.717, 1.165) is 44.2 Å². The lowest BCUT2D eigenvalue weighted by Crippen LogP contribution is -2.32. The predicted octanol–water partition coefficient (Wildman–Crippen LogP) is 2.72. The van der Waals surface area contributed by atoms with Gasteiger partial charge in [0.2, 0.25) is 11.8 Å². The largest absolute Gasteiger partial charge is 0.478 e. The summed E-state index contributed by atoms with van der Waals surface area (Å²) in [6, 6.07) is 3.89. The third kappa shape index (κ3) is 5.01. The Morgan fingerprint density at radius 3 is 2.76 bits per heavy atom. The van der Waals surface area contributed by atoms with Crippen molar-refractivity contribution in [1.29, 1.82) is 0 Å². The molecular weight excluding hydrogens is 266 g/mol. The van der Waals surface area contributed by atoms with Crippen LogP contribution in [0.2, 0.25) is 0 Å². The topological polar surface area (TPSA) is 77.2 Å². The van der Waals surface area contributed by atoms with Gasteiger partial charge < -0.3 is 15.8 Å². The fraction of sp³-hybridized carbons (Fsp3) is 0.625. The Labute approximate surface area is 126 Å². The highest BCUT2D eigenvalue weighted by atomic mass is 16.5. The summed E-state index contributed by atoms with van der Waals surface area (Å²) >= 11 is 0. The molecule has 1 fully saturated rings. The summed E-state index contributed by atoms with van der Waals surface area (Å²) in [7, 11) is 0. The number of rotatable bonds is 6. The van der Waals surface area contributed by atoms with Crippen molar-refractivity contribution >= 4 is 11.6 Å². The molecule has 5 heteroatoms. The third-order valence-electron chi connectivity index (χ3n) is 3.89. The number of unbranched alkanes of at least 4 members (excludes halogenated alkanes) is 1. The van der Waals surface area contributed by atoms with Gasteiger partial charge in [0.05, 0.1) is 18.5 Å². The molecule has 0 aliphatic heterocycles. The van der Waals surface area contributed by atoms with Gasteiger partial charge in [-0.1, -0.05) is 13.3 Å². The Hall–Kier alpha value is -1.62. The van der Waals surface area contributed by atoms with E-state index in [-0.39, 0.29) is 17.9 Å². The average molecular weight is 291 g/mol. The molecule has 0 saturated heterocycles. The van der Waals surface area contributed by atoms with E-state index >= 15 is 0 Å². The summed E-state index contributed by atoms with van der Waals surface area (Å²) in [4.78, 5) is 16.4. The van der Waals surface area contributed by atoms with Crippen molar-refractivity contribution < 1.29 is 9.53 Å². The Kier molecular flexibility index (Phi) is 5.99. The summed E-state index contributed by atoms with van der Waals surface area (Å²) in [5.41, 5.74) is 6.58. The van der Waals surface area contributed by atoms with Crippen LogP contribution in [0.15, 0.2) is 18.3 Å². The lowest BCUT2D eigenvalue weighted by Gasteiger charge is -2.25. The van der Waals surface area contributed by atoms with Crippen LogP contribution in [0.1, 0.15) is 45.4 Å². The van der Waals surface area contributed by atoms with Crippen LogP contribution in [0.4, 0.5) is 5.69 Å².